The van der Waals surface area contributed by atoms with E-state index in [9.17, 15) is 13.5 Å². The Balaban J connectivity index is 1.93. The number of fused-ring (bicyclic) bond motifs is 1. The Labute approximate surface area is 128 Å². The number of hydrogen-bond donors (Lipinski definition) is 2. The lowest BCUT2D eigenvalue weighted by Gasteiger charge is -2.12. The summed E-state index contributed by atoms with van der Waals surface area (Å²) in [4.78, 5) is 0.0997. The first-order chi connectivity index (χ1) is 10.5. The van der Waals surface area contributed by atoms with Crippen molar-refractivity contribution in [3.8, 4) is 6.07 Å². The van der Waals surface area contributed by atoms with Crippen LogP contribution in [0.5, 0.6) is 0 Å². The summed E-state index contributed by atoms with van der Waals surface area (Å²) in [6.45, 7) is 0. The van der Waals surface area contributed by atoms with Crippen molar-refractivity contribution in [2.24, 2.45) is 0 Å². The van der Waals surface area contributed by atoms with Crippen LogP contribution in [0.25, 0.3) is 0 Å². The van der Waals surface area contributed by atoms with Crippen LogP contribution < -0.4 is 4.72 Å². The highest BCUT2D eigenvalue weighted by Gasteiger charge is 2.24. The van der Waals surface area contributed by atoms with Crippen LogP contribution in [-0.4, -0.2) is 19.6 Å². The van der Waals surface area contributed by atoms with Gasteiger partial charge in [0, 0.05) is 6.42 Å². The second kappa shape index (κ2) is 5.44. The number of aliphatic hydroxyl groups excluding tert-OH is 1. The Morgan fingerprint density at radius 3 is 2.55 bits per heavy atom. The molecule has 0 saturated carbocycles. The maximum absolute atomic E-state index is 12.4. The van der Waals surface area contributed by atoms with Gasteiger partial charge in [-0.3, -0.25) is 4.72 Å². The summed E-state index contributed by atoms with van der Waals surface area (Å²) in [5.74, 6) is 0. The number of rotatable bonds is 3. The SMILES string of the molecule is N#Cc1ccc(S(=O)(=O)Nc2cccc3c2CC(O)C3)cc1. The number of nitriles is 1. The number of aliphatic hydroxyl groups is 1. The molecule has 112 valence electrons. The van der Waals surface area contributed by atoms with Crippen molar-refractivity contribution in [3.05, 3.63) is 59.2 Å². The second-order valence-electron chi connectivity index (χ2n) is 5.25. The van der Waals surface area contributed by atoms with E-state index < -0.39 is 16.1 Å². The van der Waals surface area contributed by atoms with Gasteiger partial charge in [-0.2, -0.15) is 5.26 Å². The molecule has 22 heavy (non-hydrogen) atoms. The van der Waals surface area contributed by atoms with Crippen molar-refractivity contribution in [2.45, 2.75) is 23.8 Å². The highest BCUT2D eigenvalue weighted by molar-refractivity contribution is 7.92. The second-order valence-corrected chi connectivity index (χ2v) is 6.93. The molecule has 1 atom stereocenters. The van der Waals surface area contributed by atoms with Crippen LogP contribution in [-0.2, 0) is 22.9 Å². The van der Waals surface area contributed by atoms with Crippen LogP contribution in [0.1, 0.15) is 16.7 Å². The number of benzene rings is 2. The molecule has 1 aliphatic carbocycles. The summed E-state index contributed by atoms with van der Waals surface area (Å²) in [5.41, 5.74) is 2.71. The smallest absolute Gasteiger partial charge is 0.261 e. The van der Waals surface area contributed by atoms with E-state index in [1.54, 1.807) is 12.1 Å². The average Bonchev–Trinajstić information content (AvgIpc) is 2.88. The van der Waals surface area contributed by atoms with Crippen LogP contribution >= 0.6 is 0 Å². The number of sulfonamides is 1. The molecule has 1 aliphatic rings. The van der Waals surface area contributed by atoms with Gasteiger partial charge in [0.2, 0.25) is 0 Å². The van der Waals surface area contributed by atoms with Gasteiger partial charge in [-0.15, -0.1) is 0 Å². The van der Waals surface area contributed by atoms with E-state index in [0.717, 1.165) is 11.1 Å². The zero-order valence-electron chi connectivity index (χ0n) is 11.7. The first-order valence-corrected chi connectivity index (χ1v) is 8.30. The molecule has 0 amide bonds. The van der Waals surface area contributed by atoms with E-state index in [-0.39, 0.29) is 4.90 Å². The van der Waals surface area contributed by atoms with Crippen LogP contribution in [0.4, 0.5) is 5.69 Å². The summed E-state index contributed by atoms with van der Waals surface area (Å²) in [6.07, 6.45) is 0.527. The largest absolute Gasteiger partial charge is 0.392 e. The van der Waals surface area contributed by atoms with Gasteiger partial charge in [0.05, 0.1) is 28.3 Å². The molecule has 5 nitrogen and oxygen atoms in total. The monoisotopic (exact) mass is 314 g/mol. The summed E-state index contributed by atoms with van der Waals surface area (Å²) in [6, 6.07) is 13.0. The van der Waals surface area contributed by atoms with Gasteiger partial charge in [0.15, 0.2) is 0 Å². The summed E-state index contributed by atoms with van der Waals surface area (Å²) >= 11 is 0. The van der Waals surface area contributed by atoms with Crippen molar-refractivity contribution in [1.82, 2.24) is 0 Å². The third-order valence-electron chi connectivity index (χ3n) is 3.71. The lowest BCUT2D eigenvalue weighted by molar-refractivity contribution is 0.187. The molecule has 6 heteroatoms. The van der Waals surface area contributed by atoms with Gasteiger partial charge < -0.3 is 5.11 Å². The molecular weight excluding hydrogens is 300 g/mol. The van der Waals surface area contributed by atoms with Gasteiger partial charge in [0.25, 0.3) is 10.0 Å². The van der Waals surface area contributed by atoms with E-state index in [0.29, 0.717) is 24.1 Å². The van der Waals surface area contributed by atoms with Crippen LogP contribution in [0, 0.1) is 11.3 Å². The van der Waals surface area contributed by atoms with E-state index in [2.05, 4.69) is 4.72 Å². The minimum absolute atomic E-state index is 0.0997. The molecule has 0 fully saturated rings. The van der Waals surface area contributed by atoms with Crippen molar-refractivity contribution in [2.75, 3.05) is 4.72 Å². The molecule has 0 heterocycles. The molecule has 2 aromatic rings. The maximum Gasteiger partial charge on any atom is 0.261 e. The number of anilines is 1. The van der Waals surface area contributed by atoms with E-state index in [1.807, 2.05) is 12.1 Å². The molecule has 0 aromatic heterocycles. The third-order valence-corrected chi connectivity index (χ3v) is 5.09. The Hall–Kier alpha value is -2.36. The lowest BCUT2D eigenvalue weighted by Crippen LogP contribution is -2.14. The van der Waals surface area contributed by atoms with Crippen LogP contribution in [0.2, 0.25) is 0 Å². The first-order valence-electron chi connectivity index (χ1n) is 6.81. The highest BCUT2D eigenvalue weighted by Crippen LogP contribution is 2.30. The average molecular weight is 314 g/mol. The zero-order valence-corrected chi connectivity index (χ0v) is 12.5. The van der Waals surface area contributed by atoms with E-state index >= 15 is 0 Å². The Bertz CT molecular complexity index is 852. The standard InChI is InChI=1S/C16H14N2O3S/c17-10-11-4-6-14(7-5-11)22(20,21)18-16-3-1-2-12-8-13(19)9-15(12)16/h1-7,13,18-19H,8-9H2. The van der Waals surface area contributed by atoms with Gasteiger partial charge in [-0.25, -0.2) is 8.42 Å². The molecule has 0 radical (unpaired) electrons. The Kier molecular flexibility index (Phi) is 3.61. The van der Waals surface area contributed by atoms with Crippen LogP contribution in [0.3, 0.4) is 0 Å². The molecule has 3 rings (SSSR count). The van der Waals surface area contributed by atoms with Crippen LogP contribution in [0.15, 0.2) is 47.4 Å². The van der Waals surface area contributed by atoms with Gasteiger partial charge in [-0.05, 0) is 47.9 Å². The Morgan fingerprint density at radius 1 is 1.14 bits per heavy atom. The molecule has 0 bridgehead atoms. The number of nitrogens with one attached hydrogen (secondary N) is 1. The van der Waals surface area contributed by atoms with Crippen molar-refractivity contribution < 1.29 is 13.5 Å². The fourth-order valence-electron chi connectivity index (χ4n) is 2.64. The van der Waals surface area contributed by atoms with Crippen molar-refractivity contribution in [3.63, 3.8) is 0 Å². The van der Waals surface area contributed by atoms with Gasteiger partial charge in [0.1, 0.15) is 0 Å². The fraction of sp³-hybridized carbons (Fsp3) is 0.188. The molecule has 2 aromatic carbocycles. The number of nitrogens with zero attached hydrogens (tertiary/aromatic N) is 1. The summed E-state index contributed by atoms with van der Waals surface area (Å²) in [7, 11) is -3.72. The summed E-state index contributed by atoms with van der Waals surface area (Å²) < 4.78 is 27.4. The maximum atomic E-state index is 12.4. The van der Waals surface area contributed by atoms with Crippen molar-refractivity contribution >= 4 is 15.7 Å². The summed E-state index contributed by atoms with van der Waals surface area (Å²) in [5, 5.41) is 18.5. The molecular formula is C16H14N2O3S. The minimum Gasteiger partial charge on any atom is -0.392 e. The predicted octanol–water partition coefficient (Wildman–Crippen LogP) is 1.82. The molecule has 0 spiro atoms. The lowest BCUT2D eigenvalue weighted by atomic mass is 10.1. The fourth-order valence-corrected chi connectivity index (χ4v) is 3.73. The van der Waals surface area contributed by atoms with E-state index in [4.69, 9.17) is 5.26 Å². The molecule has 0 aliphatic heterocycles. The first kappa shape index (κ1) is 14.6. The van der Waals surface area contributed by atoms with Gasteiger partial charge >= 0.3 is 0 Å². The molecule has 0 saturated heterocycles. The molecule has 2 N–H and O–H groups in total. The Morgan fingerprint density at radius 2 is 1.86 bits per heavy atom. The van der Waals surface area contributed by atoms with Crippen molar-refractivity contribution in [1.29, 1.82) is 5.26 Å². The quantitative estimate of drug-likeness (QED) is 0.904. The third kappa shape index (κ3) is 2.69. The highest BCUT2D eigenvalue weighted by atomic mass is 32.2. The van der Waals surface area contributed by atoms with E-state index in [1.165, 1.54) is 24.3 Å². The normalized spacial score (nSPS) is 16.8. The predicted molar refractivity (Wildman–Crippen MR) is 81.8 cm³/mol. The van der Waals surface area contributed by atoms with Gasteiger partial charge in [-0.1, -0.05) is 12.1 Å². The molecule has 1 unspecified atom stereocenters. The minimum atomic E-state index is -3.72. The topological polar surface area (TPSA) is 90.2 Å². The number of hydrogen-bond acceptors (Lipinski definition) is 4. The zero-order chi connectivity index (χ0) is 15.7.